The zero-order chi connectivity index (χ0) is 19.2. The van der Waals surface area contributed by atoms with Crippen molar-refractivity contribution in [2.45, 2.75) is 26.1 Å². The van der Waals surface area contributed by atoms with Crippen LogP contribution in [0.5, 0.6) is 0 Å². The molecule has 27 heavy (non-hydrogen) atoms. The van der Waals surface area contributed by atoms with Crippen LogP contribution >= 0.6 is 0 Å². The van der Waals surface area contributed by atoms with Gasteiger partial charge in [0.05, 0.1) is 13.2 Å². The van der Waals surface area contributed by atoms with E-state index in [-0.39, 0.29) is 24.9 Å². The molecular formula is C21H21FN2O3. The number of benzene rings is 2. The number of hydrogen-bond acceptors (Lipinski definition) is 3. The van der Waals surface area contributed by atoms with Gasteiger partial charge in [-0.05, 0) is 41.3 Å². The molecule has 0 radical (unpaired) electrons. The standard InChI is InChI=1S/C21H21FN2O3/c1-2-20(25)23-11-14-6-7-16(19(22)10-14)12-24-21(26)17-5-3-4-15-8-9-27-13-18(15)17/h2-7,10H,1,8-9,11-13H2,(H,23,25)(H,24,26). The minimum atomic E-state index is -0.431. The van der Waals surface area contributed by atoms with E-state index in [1.807, 2.05) is 12.1 Å². The van der Waals surface area contributed by atoms with Gasteiger partial charge in [0.25, 0.3) is 5.91 Å². The molecule has 3 rings (SSSR count). The lowest BCUT2D eigenvalue weighted by Crippen LogP contribution is -2.26. The summed E-state index contributed by atoms with van der Waals surface area (Å²) in [6.07, 6.45) is 1.95. The van der Waals surface area contributed by atoms with E-state index >= 15 is 0 Å². The second-order valence-electron chi connectivity index (χ2n) is 6.28. The average molecular weight is 368 g/mol. The summed E-state index contributed by atoms with van der Waals surface area (Å²) in [5.74, 6) is -1.000. The van der Waals surface area contributed by atoms with Gasteiger partial charge in [0.2, 0.25) is 5.91 Å². The Labute approximate surface area is 157 Å². The summed E-state index contributed by atoms with van der Waals surface area (Å²) in [6, 6.07) is 10.3. The van der Waals surface area contributed by atoms with Gasteiger partial charge in [0, 0.05) is 24.2 Å². The number of ether oxygens (including phenoxy) is 1. The van der Waals surface area contributed by atoms with Gasteiger partial charge in [0.1, 0.15) is 5.82 Å². The van der Waals surface area contributed by atoms with Crippen LogP contribution in [0.3, 0.4) is 0 Å². The maximum Gasteiger partial charge on any atom is 0.251 e. The molecule has 5 nitrogen and oxygen atoms in total. The number of fused-ring (bicyclic) bond motifs is 1. The molecule has 0 atom stereocenters. The highest BCUT2D eigenvalue weighted by molar-refractivity contribution is 5.96. The molecule has 0 fully saturated rings. The number of carbonyl (C=O) groups excluding carboxylic acids is 2. The molecule has 2 aromatic rings. The third kappa shape index (κ3) is 4.60. The van der Waals surface area contributed by atoms with Crippen molar-refractivity contribution in [1.82, 2.24) is 10.6 Å². The van der Waals surface area contributed by atoms with Crippen LogP contribution in [0.4, 0.5) is 4.39 Å². The normalized spacial score (nSPS) is 12.8. The Hall–Kier alpha value is -2.99. The Morgan fingerprint density at radius 3 is 2.81 bits per heavy atom. The van der Waals surface area contributed by atoms with Crippen LogP contribution in [0.1, 0.15) is 32.6 Å². The van der Waals surface area contributed by atoms with E-state index in [0.717, 1.165) is 23.6 Å². The van der Waals surface area contributed by atoms with E-state index in [1.165, 1.54) is 6.07 Å². The van der Waals surface area contributed by atoms with Gasteiger partial charge in [-0.1, -0.05) is 30.8 Å². The van der Waals surface area contributed by atoms with Gasteiger partial charge in [-0.2, -0.15) is 0 Å². The molecule has 0 saturated heterocycles. The van der Waals surface area contributed by atoms with Crippen molar-refractivity contribution in [3.63, 3.8) is 0 Å². The summed E-state index contributed by atoms with van der Waals surface area (Å²) < 4.78 is 19.7. The predicted octanol–water partition coefficient (Wildman–Crippen LogP) is 2.63. The number of halogens is 1. The largest absolute Gasteiger partial charge is 0.376 e. The minimum absolute atomic E-state index is 0.0779. The second kappa shape index (κ2) is 8.60. The fraction of sp³-hybridized carbons (Fsp3) is 0.238. The van der Waals surface area contributed by atoms with Crippen molar-refractivity contribution in [3.05, 3.63) is 82.7 Å². The summed E-state index contributed by atoms with van der Waals surface area (Å²) in [7, 11) is 0. The molecule has 1 heterocycles. The number of rotatable bonds is 6. The van der Waals surface area contributed by atoms with E-state index in [4.69, 9.17) is 4.74 Å². The van der Waals surface area contributed by atoms with Gasteiger partial charge in [-0.3, -0.25) is 9.59 Å². The summed E-state index contributed by atoms with van der Waals surface area (Å²) >= 11 is 0. The van der Waals surface area contributed by atoms with Gasteiger partial charge in [0.15, 0.2) is 0 Å². The first-order chi connectivity index (χ1) is 13.1. The molecule has 140 valence electrons. The van der Waals surface area contributed by atoms with Crippen molar-refractivity contribution in [3.8, 4) is 0 Å². The molecule has 1 aliphatic rings. The molecule has 0 aliphatic carbocycles. The zero-order valence-electron chi connectivity index (χ0n) is 14.9. The Morgan fingerprint density at radius 1 is 1.19 bits per heavy atom. The Balaban J connectivity index is 1.64. The molecule has 6 heteroatoms. The third-order valence-corrected chi connectivity index (χ3v) is 4.49. The fourth-order valence-electron chi connectivity index (χ4n) is 2.98. The topological polar surface area (TPSA) is 67.4 Å². The highest BCUT2D eigenvalue weighted by atomic mass is 19.1. The van der Waals surface area contributed by atoms with Crippen molar-refractivity contribution in [2.75, 3.05) is 6.61 Å². The average Bonchev–Trinajstić information content (AvgIpc) is 2.70. The van der Waals surface area contributed by atoms with E-state index in [2.05, 4.69) is 17.2 Å². The lowest BCUT2D eigenvalue weighted by Gasteiger charge is -2.19. The van der Waals surface area contributed by atoms with Crippen LogP contribution in [0.2, 0.25) is 0 Å². The summed E-state index contributed by atoms with van der Waals surface area (Å²) in [4.78, 5) is 23.7. The van der Waals surface area contributed by atoms with Gasteiger partial charge >= 0.3 is 0 Å². The predicted molar refractivity (Wildman–Crippen MR) is 99.4 cm³/mol. The number of hydrogen-bond donors (Lipinski definition) is 2. The van der Waals surface area contributed by atoms with E-state index in [0.29, 0.717) is 29.9 Å². The van der Waals surface area contributed by atoms with Crippen LogP contribution in [0.25, 0.3) is 0 Å². The smallest absolute Gasteiger partial charge is 0.251 e. The van der Waals surface area contributed by atoms with Crippen molar-refractivity contribution in [1.29, 1.82) is 0 Å². The Bertz CT molecular complexity index is 880. The minimum Gasteiger partial charge on any atom is -0.376 e. The maximum atomic E-state index is 14.3. The number of nitrogens with one attached hydrogen (secondary N) is 2. The Morgan fingerprint density at radius 2 is 2.04 bits per heavy atom. The van der Waals surface area contributed by atoms with Crippen molar-refractivity contribution >= 4 is 11.8 Å². The van der Waals surface area contributed by atoms with Gasteiger partial charge in [-0.25, -0.2) is 4.39 Å². The van der Waals surface area contributed by atoms with Crippen molar-refractivity contribution < 1.29 is 18.7 Å². The van der Waals surface area contributed by atoms with E-state index in [1.54, 1.807) is 18.2 Å². The molecule has 0 saturated carbocycles. The second-order valence-corrected chi connectivity index (χ2v) is 6.28. The zero-order valence-corrected chi connectivity index (χ0v) is 14.9. The van der Waals surface area contributed by atoms with Crippen LogP contribution in [0, 0.1) is 5.82 Å². The monoisotopic (exact) mass is 368 g/mol. The highest BCUT2D eigenvalue weighted by Gasteiger charge is 2.18. The molecule has 2 N–H and O–H groups in total. The molecule has 2 amide bonds. The molecule has 0 aromatic heterocycles. The van der Waals surface area contributed by atoms with Crippen LogP contribution in [0.15, 0.2) is 49.1 Å². The lowest BCUT2D eigenvalue weighted by atomic mass is 9.97. The molecule has 1 aliphatic heterocycles. The van der Waals surface area contributed by atoms with Crippen LogP contribution < -0.4 is 10.6 Å². The first-order valence-corrected chi connectivity index (χ1v) is 8.72. The molecule has 0 spiro atoms. The molecular weight excluding hydrogens is 347 g/mol. The quantitative estimate of drug-likeness (QED) is 0.771. The summed E-state index contributed by atoms with van der Waals surface area (Å²) in [6.45, 7) is 4.72. The summed E-state index contributed by atoms with van der Waals surface area (Å²) in [5, 5.41) is 5.36. The third-order valence-electron chi connectivity index (χ3n) is 4.49. The fourth-order valence-corrected chi connectivity index (χ4v) is 2.98. The van der Waals surface area contributed by atoms with Crippen molar-refractivity contribution in [2.24, 2.45) is 0 Å². The van der Waals surface area contributed by atoms with Gasteiger partial charge < -0.3 is 15.4 Å². The first kappa shape index (κ1) is 18.8. The lowest BCUT2D eigenvalue weighted by molar-refractivity contribution is -0.116. The molecule has 0 bridgehead atoms. The maximum absolute atomic E-state index is 14.3. The van der Waals surface area contributed by atoms with E-state index in [9.17, 15) is 14.0 Å². The molecule has 0 unspecified atom stereocenters. The number of carbonyl (C=O) groups is 2. The van der Waals surface area contributed by atoms with Crippen LogP contribution in [-0.4, -0.2) is 18.4 Å². The number of amides is 2. The first-order valence-electron chi connectivity index (χ1n) is 8.72. The molecule has 2 aromatic carbocycles. The van der Waals surface area contributed by atoms with Gasteiger partial charge in [-0.15, -0.1) is 0 Å². The van der Waals surface area contributed by atoms with E-state index < -0.39 is 5.82 Å². The highest BCUT2D eigenvalue weighted by Crippen LogP contribution is 2.21. The SMILES string of the molecule is C=CC(=O)NCc1ccc(CNC(=O)c2cccc3c2COCC3)c(F)c1. The summed E-state index contributed by atoms with van der Waals surface area (Å²) in [5.41, 5.74) is 3.59. The van der Waals surface area contributed by atoms with Crippen LogP contribution in [-0.2, 0) is 35.6 Å². The Kier molecular flexibility index (Phi) is 5.98.